The van der Waals surface area contributed by atoms with Crippen molar-refractivity contribution in [3.05, 3.63) is 51.3 Å². The molecule has 6 heteroatoms. The molecule has 1 saturated carbocycles. The summed E-state index contributed by atoms with van der Waals surface area (Å²) in [5, 5.41) is -0.0101. The Balaban J connectivity index is 2.19. The molecule has 0 radical (unpaired) electrons. The highest BCUT2D eigenvalue weighted by atomic mass is 19.4. The smallest absolute Gasteiger partial charge is 0.381 e. The zero-order valence-corrected chi connectivity index (χ0v) is 14.2. The largest absolute Gasteiger partial charge is 0.417 e. The van der Waals surface area contributed by atoms with Crippen molar-refractivity contribution >= 4 is 10.9 Å². The molecule has 0 aliphatic heterocycles. The lowest BCUT2D eigenvalue weighted by Gasteiger charge is -2.28. The van der Waals surface area contributed by atoms with E-state index in [4.69, 9.17) is 4.74 Å². The van der Waals surface area contributed by atoms with E-state index in [1.165, 1.54) is 18.2 Å². The van der Waals surface area contributed by atoms with Crippen molar-refractivity contribution < 1.29 is 17.9 Å². The molecule has 1 aliphatic rings. The molecule has 0 saturated heterocycles. The molecular weight excluding hydrogens is 331 g/mol. The summed E-state index contributed by atoms with van der Waals surface area (Å²) in [4.78, 5) is 16.3. The predicted octanol–water partition coefficient (Wildman–Crippen LogP) is 4.59. The molecule has 2 aromatic rings. The van der Waals surface area contributed by atoms with Crippen molar-refractivity contribution in [2.75, 3.05) is 7.11 Å². The molecule has 3 nitrogen and oxygen atoms in total. The zero-order valence-electron chi connectivity index (χ0n) is 14.2. The highest BCUT2D eigenvalue weighted by Gasteiger charge is 2.33. The Labute approximate surface area is 143 Å². The number of fused-ring (bicyclic) bond motifs is 1. The van der Waals surface area contributed by atoms with E-state index in [-0.39, 0.29) is 22.9 Å². The third-order valence-electron chi connectivity index (χ3n) is 5.11. The van der Waals surface area contributed by atoms with Gasteiger partial charge in [0.1, 0.15) is 0 Å². The maximum absolute atomic E-state index is 13.4. The molecule has 3 rings (SSSR count). The van der Waals surface area contributed by atoms with Crippen LogP contribution in [-0.4, -0.2) is 18.2 Å². The van der Waals surface area contributed by atoms with Gasteiger partial charge in [-0.1, -0.05) is 6.07 Å². The molecule has 1 aromatic carbocycles. The predicted molar refractivity (Wildman–Crippen MR) is 89.8 cm³/mol. The van der Waals surface area contributed by atoms with Crippen LogP contribution in [0.2, 0.25) is 0 Å². The van der Waals surface area contributed by atoms with E-state index in [0.717, 1.165) is 31.7 Å². The molecule has 1 fully saturated rings. The number of hydrogen-bond acceptors (Lipinski definition) is 3. The van der Waals surface area contributed by atoms with Crippen molar-refractivity contribution in [2.24, 2.45) is 0 Å². The van der Waals surface area contributed by atoms with Gasteiger partial charge in [0.2, 0.25) is 0 Å². The molecule has 1 heterocycles. The van der Waals surface area contributed by atoms with Crippen LogP contribution in [0.3, 0.4) is 0 Å². The second-order valence-corrected chi connectivity index (χ2v) is 6.59. The Hall–Kier alpha value is -1.95. The fraction of sp³-hybridized carbons (Fsp3) is 0.474. The van der Waals surface area contributed by atoms with Crippen LogP contribution in [-0.2, 0) is 10.9 Å². The lowest BCUT2D eigenvalue weighted by Crippen LogP contribution is -2.20. The normalized spacial score (nSPS) is 21.5. The third-order valence-corrected chi connectivity index (χ3v) is 5.11. The highest BCUT2D eigenvalue weighted by Crippen LogP contribution is 2.38. The molecule has 0 unspecified atom stereocenters. The van der Waals surface area contributed by atoms with Crippen LogP contribution < -0.4 is 5.56 Å². The van der Waals surface area contributed by atoms with Crippen molar-refractivity contribution in [3.63, 3.8) is 0 Å². The van der Waals surface area contributed by atoms with Gasteiger partial charge >= 0.3 is 6.18 Å². The Morgan fingerprint density at radius 1 is 1.16 bits per heavy atom. The van der Waals surface area contributed by atoms with Crippen LogP contribution >= 0.6 is 0 Å². The van der Waals surface area contributed by atoms with Crippen LogP contribution in [0.25, 0.3) is 10.9 Å². The molecule has 134 valence electrons. The van der Waals surface area contributed by atoms with Gasteiger partial charge in [0.05, 0.1) is 17.2 Å². The van der Waals surface area contributed by atoms with E-state index < -0.39 is 17.3 Å². The monoisotopic (exact) mass is 351 g/mol. The molecule has 1 aromatic heterocycles. The molecule has 0 spiro atoms. The Morgan fingerprint density at radius 3 is 2.44 bits per heavy atom. The summed E-state index contributed by atoms with van der Waals surface area (Å²) < 4.78 is 45.5. The summed E-state index contributed by atoms with van der Waals surface area (Å²) >= 11 is 0. The van der Waals surface area contributed by atoms with Gasteiger partial charge in [0.15, 0.2) is 0 Å². The summed E-state index contributed by atoms with van der Waals surface area (Å²) in [5.41, 5.74) is -0.0128. The van der Waals surface area contributed by atoms with Crippen LogP contribution in [0.1, 0.15) is 48.3 Å². The topological polar surface area (TPSA) is 39.2 Å². The first-order valence-corrected chi connectivity index (χ1v) is 8.36. The Kier molecular flexibility index (Phi) is 4.82. The second kappa shape index (κ2) is 6.75. The van der Waals surface area contributed by atoms with Gasteiger partial charge in [0, 0.05) is 18.1 Å². The minimum absolute atomic E-state index is 0.0101. The maximum atomic E-state index is 13.4. The first-order chi connectivity index (χ1) is 11.8. The van der Waals surface area contributed by atoms with Gasteiger partial charge in [-0.25, -0.2) is 4.98 Å². The molecule has 0 amide bonds. The fourth-order valence-electron chi connectivity index (χ4n) is 3.66. The lowest BCUT2D eigenvalue weighted by molar-refractivity contribution is -0.136. The summed E-state index contributed by atoms with van der Waals surface area (Å²) in [6.07, 6.45) is -1.05. The van der Waals surface area contributed by atoms with E-state index in [2.05, 4.69) is 4.98 Å². The Bertz CT molecular complexity index is 840. The second-order valence-electron chi connectivity index (χ2n) is 6.59. The van der Waals surface area contributed by atoms with Gasteiger partial charge in [0.25, 0.3) is 5.56 Å². The van der Waals surface area contributed by atoms with Crippen LogP contribution in [0.15, 0.2) is 29.1 Å². The van der Waals surface area contributed by atoms with Crippen LogP contribution in [0, 0.1) is 6.92 Å². The molecule has 25 heavy (non-hydrogen) atoms. The lowest BCUT2D eigenvalue weighted by atomic mass is 9.81. The number of hydrogen-bond donors (Lipinski definition) is 0. The average molecular weight is 351 g/mol. The van der Waals surface area contributed by atoms with E-state index in [0.29, 0.717) is 11.1 Å². The summed E-state index contributed by atoms with van der Waals surface area (Å²) in [5.74, 6) is 0.0535. The van der Waals surface area contributed by atoms with Crippen molar-refractivity contribution in [3.8, 4) is 0 Å². The van der Waals surface area contributed by atoms with Crippen molar-refractivity contribution in [1.82, 2.24) is 4.98 Å². The quantitative estimate of drug-likeness (QED) is 0.794. The van der Waals surface area contributed by atoms with Gasteiger partial charge in [-0.2, -0.15) is 13.2 Å². The first-order valence-electron chi connectivity index (χ1n) is 8.36. The zero-order chi connectivity index (χ0) is 18.2. The number of alkyl halides is 3. The van der Waals surface area contributed by atoms with Gasteiger partial charge in [-0.15, -0.1) is 0 Å². The number of rotatable bonds is 2. The van der Waals surface area contributed by atoms with Gasteiger partial charge in [-0.3, -0.25) is 4.79 Å². The molecule has 0 atom stereocenters. The molecule has 0 bridgehead atoms. The maximum Gasteiger partial charge on any atom is 0.417 e. The average Bonchev–Trinajstić information content (AvgIpc) is 2.71. The third kappa shape index (κ3) is 3.54. The van der Waals surface area contributed by atoms with Gasteiger partial charge < -0.3 is 4.74 Å². The van der Waals surface area contributed by atoms with E-state index >= 15 is 0 Å². The number of nitrogens with zero attached hydrogens (tertiary/aromatic N) is 1. The first kappa shape index (κ1) is 17.9. The van der Waals surface area contributed by atoms with E-state index in [1.807, 2.05) is 0 Å². The van der Waals surface area contributed by atoms with E-state index in [9.17, 15) is 18.0 Å². The summed E-state index contributed by atoms with van der Waals surface area (Å²) in [6, 6.07) is 5.31. The van der Waals surface area contributed by atoms with Crippen molar-refractivity contribution in [2.45, 2.75) is 50.8 Å². The summed E-state index contributed by atoms with van der Waals surface area (Å²) in [6.45, 7) is 1.65. The van der Waals surface area contributed by atoms with Crippen molar-refractivity contribution in [1.29, 1.82) is 0 Å². The number of halogens is 3. The minimum Gasteiger partial charge on any atom is -0.381 e. The standard InChI is InChI=1S/C19H20F3NO2/c1-11-14(12-6-8-13(25-2)9-7-12)10-15-16(19(20,21)22)4-3-5-17(15)23-18(11)24/h3-5,10,12-13H,6-9H2,1-2H3/t12-,13+. The van der Waals surface area contributed by atoms with Gasteiger partial charge in [-0.05, 0) is 62.3 Å². The fourth-order valence-corrected chi connectivity index (χ4v) is 3.66. The SMILES string of the molecule is CO[C@H]1CC[C@@H](c2cc3c(C(F)(F)F)cccc3nc(=O)c2C)CC1. The molecular formula is C19H20F3NO2. The number of aromatic nitrogens is 1. The van der Waals surface area contributed by atoms with E-state index in [1.54, 1.807) is 14.0 Å². The summed E-state index contributed by atoms with van der Waals surface area (Å²) in [7, 11) is 1.67. The minimum atomic E-state index is -4.49. The Morgan fingerprint density at radius 2 is 1.84 bits per heavy atom. The van der Waals surface area contributed by atoms with Crippen LogP contribution in [0.5, 0.6) is 0 Å². The number of methoxy groups -OCH3 is 1. The number of ether oxygens (including phenoxy) is 1. The number of benzene rings is 1. The van der Waals surface area contributed by atoms with Crippen LogP contribution in [0.4, 0.5) is 13.2 Å². The highest BCUT2D eigenvalue weighted by molar-refractivity contribution is 5.83. The molecule has 1 aliphatic carbocycles. The molecule has 0 N–H and O–H groups in total.